The van der Waals surface area contributed by atoms with E-state index in [1.54, 1.807) is 6.07 Å². The number of hydrogen-bond acceptors (Lipinski definition) is 4. The van der Waals surface area contributed by atoms with Crippen LogP contribution in [0.15, 0.2) is 16.5 Å². The first kappa shape index (κ1) is 6.15. The Balaban J connectivity index is 2.82. The van der Waals surface area contributed by atoms with Crippen LogP contribution in [0.2, 0.25) is 0 Å². The Labute approximate surface area is 63.1 Å². The molecular formula is C7H7N3O. The van der Waals surface area contributed by atoms with Crippen LogP contribution in [-0.4, -0.2) is 9.97 Å². The van der Waals surface area contributed by atoms with Crippen molar-refractivity contribution in [2.75, 3.05) is 5.73 Å². The molecule has 0 saturated carbocycles. The normalized spacial score (nSPS) is 10.6. The average molecular weight is 149 g/mol. The van der Waals surface area contributed by atoms with E-state index in [1.807, 2.05) is 13.0 Å². The summed E-state index contributed by atoms with van der Waals surface area (Å²) in [5, 5.41) is 0. The van der Waals surface area contributed by atoms with Gasteiger partial charge in [0.05, 0.1) is 0 Å². The number of rotatable bonds is 0. The predicted octanol–water partition coefficient (Wildman–Crippen LogP) is 1.11. The number of nitrogen functional groups attached to an aromatic ring is 1. The van der Waals surface area contributed by atoms with Crippen molar-refractivity contribution in [3.63, 3.8) is 0 Å². The maximum absolute atomic E-state index is 5.32. The van der Waals surface area contributed by atoms with Gasteiger partial charge >= 0.3 is 0 Å². The van der Waals surface area contributed by atoms with Crippen molar-refractivity contribution in [1.29, 1.82) is 0 Å². The van der Waals surface area contributed by atoms with Gasteiger partial charge in [-0.2, -0.15) is 4.98 Å². The van der Waals surface area contributed by atoms with Crippen LogP contribution in [0.4, 0.5) is 6.01 Å². The Kier molecular flexibility index (Phi) is 1.09. The lowest BCUT2D eigenvalue weighted by Crippen LogP contribution is -1.83. The van der Waals surface area contributed by atoms with Crippen LogP contribution in [0.1, 0.15) is 5.69 Å². The lowest BCUT2D eigenvalue weighted by Gasteiger charge is -1.86. The lowest BCUT2D eigenvalue weighted by atomic mass is 10.4. The number of pyridine rings is 1. The van der Waals surface area contributed by atoms with E-state index in [0.29, 0.717) is 11.2 Å². The summed E-state index contributed by atoms with van der Waals surface area (Å²) < 4.78 is 5.03. The zero-order valence-corrected chi connectivity index (χ0v) is 6.03. The van der Waals surface area contributed by atoms with Gasteiger partial charge < -0.3 is 10.2 Å². The zero-order valence-electron chi connectivity index (χ0n) is 6.03. The van der Waals surface area contributed by atoms with Gasteiger partial charge in [-0.1, -0.05) is 0 Å². The van der Waals surface area contributed by atoms with Gasteiger partial charge in [-0.3, -0.25) is 0 Å². The zero-order chi connectivity index (χ0) is 7.84. The minimum Gasteiger partial charge on any atom is -0.422 e. The highest BCUT2D eigenvalue weighted by Crippen LogP contribution is 2.14. The van der Waals surface area contributed by atoms with Crippen LogP contribution >= 0.6 is 0 Å². The highest BCUT2D eigenvalue weighted by molar-refractivity contribution is 5.69. The van der Waals surface area contributed by atoms with E-state index in [-0.39, 0.29) is 6.01 Å². The Morgan fingerprint density at radius 1 is 1.36 bits per heavy atom. The lowest BCUT2D eigenvalue weighted by molar-refractivity contribution is 0.626. The summed E-state index contributed by atoms with van der Waals surface area (Å²) in [5.74, 6) is 0. The first-order chi connectivity index (χ1) is 5.25. The van der Waals surface area contributed by atoms with Crippen LogP contribution in [0.5, 0.6) is 0 Å². The number of nitrogens with zero attached hydrogens (tertiary/aromatic N) is 2. The Bertz CT molecular complexity index is 393. The van der Waals surface area contributed by atoms with Crippen LogP contribution in [-0.2, 0) is 0 Å². The minimum absolute atomic E-state index is 0.165. The Morgan fingerprint density at radius 3 is 3.00 bits per heavy atom. The molecule has 4 heteroatoms. The average Bonchev–Trinajstić information content (AvgIpc) is 2.27. The first-order valence-corrected chi connectivity index (χ1v) is 3.25. The molecule has 2 N–H and O–H groups in total. The number of aryl methyl sites for hydroxylation is 1. The van der Waals surface area contributed by atoms with Gasteiger partial charge in [0.1, 0.15) is 0 Å². The molecule has 0 unspecified atom stereocenters. The second-order valence-electron chi connectivity index (χ2n) is 2.33. The Morgan fingerprint density at radius 2 is 2.18 bits per heavy atom. The van der Waals surface area contributed by atoms with Gasteiger partial charge in [-0.05, 0) is 19.1 Å². The number of hydrogen-bond donors (Lipinski definition) is 1. The number of oxazole rings is 1. The summed E-state index contributed by atoms with van der Waals surface area (Å²) in [6, 6.07) is 3.83. The molecule has 2 aromatic rings. The topological polar surface area (TPSA) is 64.9 Å². The second kappa shape index (κ2) is 1.95. The third-order valence-electron chi connectivity index (χ3n) is 1.41. The molecule has 0 aliphatic heterocycles. The number of fused-ring (bicyclic) bond motifs is 1. The van der Waals surface area contributed by atoms with Crippen LogP contribution < -0.4 is 5.73 Å². The first-order valence-electron chi connectivity index (χ1n) is 3.25. The molecule has 0 aliphatic rings. The van der Waals surface area contributed by atoms with Crippen molar-refractivity contribution in [3.8, 4) is 0 Å². The van der Waals surface area contributed by atoms with Crippen LogP contribution in [0.25, 0.3) is 11.2 Å². The third kappa shape index (κ3) is 0.920. The van der Waals surface area contributed by atoms with Gasteiger partial charge in [0.25, 0.3) is 6.01 Å². The SMILES string of the molecule is Cc1ccc2oc(N)nc2n1. The monoisotopic (exact) mass is 149 g/mol. The van der Waals surface area contributed by atoms with Crippen LogP contribution in [0.3, 0.4) is 0 Å². The van der Waals surface area contributed by atoms with Crippen LogP contribution in [0, 0.1) is 6.92 Å². The van der Waals surface area contributed by atoms with E-state index in [0.717, 1.165) is 5.69 Å². The van der Waals surface area contributed by atoms with Gasteiger partial charge in [0, 0.05) is 5.69 Å². The molecule has 2 rings (SSSR count). The standard InChI is InChI=1S/C7H7N3O/c1-4-2-3-5-6(9-4)10-7(8)11-5/h2-3H,1H3,(H2,8,9,10). The van der Waals surface area contributed by atoms with E-state index < -0.39 is 0 Å². The van der Waals surface area contributed by atoms with Crippen molar-refractivity contribution < 1.29 is 4.42 Å². The summed E-state index contributed by atoms with van der Waals surface area (Å²) in [7, 11) is 0. The minimum atomic E-state index is 0.165. The van der Waals surface area contributed by atoms with E-state index in [9.17, 15) is 0 Å². The van der Waals surface area contributed by atoms with Gasteiger partial charge in [-0.15, -0.1) is 0 Å². The van der Waals surface area contributed by atoms with Crippen molar-refractivity contribution in [1.82, 2.24) is 9.97 Å². The molecule has 11 heavy (non-hydrogen) atoms. The molecule has 0 saturated heterocycles. The van der Waals surface area contributed by atoms with Gasteiger partial charge in [0.2, 0.25) is 5.65 Å². The fourth-order valence-electron chi connectivity index (χ4n) is 0.930. The summed E-state index contributed by atoms with van der Waals surface area (Å²) >= 11 is 0. The molecule has 4 nitrogen and oxygen atoms in total. The fraction of sp³-hybridized carbons (Fsp3) is 0.143. The molecule has 2 aromatic heterocycles. The molecule has 0 aliphatic carbocycles. The number of anilines is 1. The highest BCUT2D eigenvalue weighted by Gasteiger charge is 2.01. The van der Waals surface area contributed by atoms with Crippen molar-refractivity contribution >= 4 is 17.2 Å². The quantitative estimate of drug-likeness (QED) is 0.609. The van der Waals surface area contributed by atoms with Gasteiger partial charge in [-0.25, -0.2) is 4.98 Å². The number of aromatic nitrogens is 2. The van der Waals surface area contributed by atoms with E-state index in [4.69, 9.17) is 10.2 Å². The summed E-state index contributed by atoms with van der Waals surface area (Å²) in [6.45, 7) is 1.89. The molecule has 2 heterocycles. The van der Waals surface area contributed by atoms with Crippen molar-refractivity contribution in [2.24, 2.45) is 0 Å². The third-order valence-corrected chi connectivity index (χ3v) is 1.41. The second-order valence-corrected chi connectivity index (χ2v) is 2.33. The highest BCUT2D eigenvalue weighted by atomic mass is 16.4. The van der Waals surface area contributed by atoms with Crippen molar-refractivity contribution in [2.45, 2.75) is 6.92 Å². The molecule has 0 amide bonds. The molecule has 0 spiro atoms. The maximum Gasteiger partial charge on any atom is 0.294 e. The molecule has 56 valence electrons. The predicted molar refractivity (Wildman–Crippen MR) is 41.0 cm³/mol. The largest absolute Gasteiger partial charge is 0.422 e. The molecule has 0 aromatic carbocycles. The fourth-order valence-corrected chi connectivity index (χ4v) is 0.930. The van der Waals surface area contributed by atoms with Gasteiger partial charge in [0.15, 0.2) is 5.58 Å². The van der Waals surface area contributed by atoms with E-state index >= 15 is 0 Å². The summed E-state index contributed by atoms with van der Waals surface area (Å²) in [4.78, 5) is 7.99. The van der Waals surface area contributed by atoms with Crippen molar-refractivity contribution in [3.05, 3.63) is 17.8 Å². The van der Waals surface area contributed by atoms with E-state index in [1.165, 1.54) is 0 Å². The molecule has 0 radical (unpaired) electrons. The molecule has 0 bridgehead atoms. The summed E-state index contributed by atoms with van der Waals surface area (Å²) in [6.07, 6.45) is 0. The smallest absolute Gasteiger partial charge is 0.294 e. The Hall–Kier alpha value is -1.58. The summed E-state index contributed by atoms with van der Waals surface area (Å²) in [5.41, 5.74) is 7.44. The van der Waals surface area contributed by atoms with E-state index in [2.05, 4.69) is 9.97 Å². The maximum atomic E-state index is 5.32. The molecule has 0 fully saturated rings. The number of nitrogens with two attached hydrogens (primary N) is 1. The molecular weight excluding hydrogens is 142 g/mol. The molecule has 0 atom stereocenters.